The molecule has 0 saturated heterocycles. The Hall–Kier alpha value is -4.06. The largest absolute Gasteiger partial charge is 0.508 e. The van der Waals surface area contributed by atoms with Crippen LogP contribution in [0.25, 0.3) is 0 Å². The second kappa shape index (κ2) is 11.5. The molecule has 1 unspecified atom stereocenters. The topological polar surface area (TPSA) is 132 Å². The normalized spacial score (nSPS) is 11.6. The van der Waals surface area contributed by atoms with Gasteiger partial charge < -0.3 is 25.4 Å². The van der Waals surface area contributed by atoms with Gasteiger partial charge in [-0.15, -0.1) is 0 Å². The van der Waals surface area contributed by atoms with Crippen molar-refractivity contribution in [3.05, 3.63) is 65.7 Å². The van der Waals surface area contributed by atoms with Crippen molar-refractivity contribution in [3.63, 3.8) is 0 Å². The van der Waals surface area contributed by atoms with Crippen LogP contribution in [0.4, 0.5) is 4.79 Å². The van der Waals surface area contributed by atoms with E-state index in [9.17, 15) is 24.8 Å². The summed E-state index contributed by atoms with van der Waals surface area (Å²) in [5.41, 5.74) is 0.241. The fourth-order valence-corrected chi connectivity index (χ4v) is 3.01. The van der Waals surface area contributed by atoms with E-state index in [2.05, 4.69) is 10.6 Å². The van der Waals surface area contributed by atoms with Gasteiger partial charge in [0.05, 0.1) is 6.07 Å². The van der Waals surface area contributed by atoms with E-state index in [1.165, 1.54) is 12.1 Å². The van der Waals surface area contributed by atoms with Crippen LogP contribution in [-0.4, -0.2) is 46.6 Å². The van der Waals surface area contributed by atoms with E-state index < -0.39 is 42.6 Å². The first-order valence-electron chi connectivity index (χ1n) is 10.3. The number of nitrogens with one attached hydrogen (secondary N) is 2. The van der Waals surface area contributed by atoms with E-state index >= 15 is 0 Å². The standard InChI is InChI=1S/C24H28N4O5/c1-24(2,3)33-23(32)27-16-20(30)28(14-13-25)21(18-11-7-8-12-19(18)29)22(31)26-15-17-9-5-4-6-10-17/h4-12,21,29H,14-16H2,1-3H3,(H,26,31)(H,27,32). The maximum atomic E-state index is 13.2. The van der Waals surface area contributed by atoms with E-state index in [1.807, 2.05) is 36.4 Å². The van der Waals surface area contributed by atoms with Gasteiger partial charge in [-0.25, -0.2) is 4.79 Å². The third kappa shape index (κ3) is 7.85. The van der Waals surface area contributed by atoms with Crippen LogP contribution >= 0.6 is 0 Å². The molecule has 0 aliphatic rings. The zero-order chi connectivity index (χ0) is 24.4. The Bertz CT molecular complexity index is 1010. The van der Waals surface area contributed by atoms with Gasteiger partial charge in [0, 0.05) is 12.1 Å². The van der Waals surface area contributed by atoms with Crippen LogP contribution in [0, 0.1) is 11.3 Å². The van der Waals surface area contributed by atoms with Gasteiger partial charge in [-0.2, -0.15) is 5.26 Å². The average Bonchev–Trinajstić information content (AvgIpc) is 2.76. The highest BCUT2D eigenvalue weighted by Crippen LogP contribution is 2.29. The molecule has 0 aliphatic carbocycles. The summed E-state index contributed by atoms with van der Waals surface area (Å²) in [5, 5.41) is 24.8. The van der Waals surface area contributed by atoms with Gasteiger partial charge in [-0.3, -0.25) is 9.59 Å². The van der Waals surface area contributed by atoms with Crippen molar-refractivity contribution in [1.29, 1.82) is 5.26 Å². The van der Waals surface area contributed by atoms with Gasteiger partial charge in [-0.05, 0) is 32.4 Å². The molecule has 0 fully saturated rings. The summed E-state index contributed by atoms with van der Waals surface area (Å²) in [7, 11) is 0. The molecular weight excluding hydrogens is 424 g/mol. The number of carbonyl (C=O) groups excluding carboxylic acids is 3. The highest BCUT2D eigenvalue weighted by molar-refractivity contribution is 5.91. The third-order valence-corrected chi connectivity index (χ3v) is 4.45. The van der Waals surface area contributed by atoms with E-state index in [4.69, 9.17) is 4.74 Å². The van der Waals surface area contributed by atoms with Gasteiger partial charge in [0.25, 0.3) is 0 Å². The van der Waals surface area contributed by atoms with Gasteiger partial charge >= 0.3 is 6.09 Å². The van der Waals surface area contributed by atoms with Crippen LogP contribution < -0.4 is 10.6 Å². The number of aromatic hydroxyl groups is 1. The molecule has 2 aromatic carbocycles. The Kier molecular flexibility index (Phi) is 8.80. The van der Waals surface area contributed by atoms with Crippen molar-refractivity contribution in [2.45, 2.75) is 39.0 Å². The zero-order valence-electron chi connectivity index (χ0n) is 18.9. The summed E-state index contributed by atoms with van der Waals surface area (Å²) in [6, 6.07) is 15.8. The summed E-state index contributed by atoms with van der Waals surface area (Å²) in [6.45, 7) is 4.30. The summed E-state index contributed by atoms with van der Waals surface area (Å²) in [5.74, 6) is -1.47. The molecule has 0 spiro atoms. The highest BCUT2D eigenvalue weighted by Gasteiger charge is 2.33. The Morgan fingerprint density at radius 1 is 1.06 bits per heavy atom. The van der Waals surface area contributed by atoms with Crippen LogP contribution in [0.3, 0.4) is 0 Å². The maximum absolute atomic E-state index is 13.2. The molecule has 0 heterocycles. The van der Waals surface area contributed by atoms with Crippen LogP contribution in [0.15, 0.2) is 54.6 Å². The second-order valence-corrected chi connectivity index (χ2v) is 8.20. The quantitative estimate of drug-likeness (QED) is 0.528. The number of phenols is 1. The number of alkyl carbamates (subject to hydrolysis) is 1. The molecule has 2 rings (SSSR count). The van der Waals surface area contributed by atoms with E-state index in [0.717, 1.165) is 10.5 Å². The number of rotatable bonds is 8. The molecule has 9 nitrogen and oxygen atoms in total. The van der Waals surface area contributed by atoms with Crippen LogP contribution in [0.5, 0.6) is 5.75 Å². The minimum atomic E-state index is -1.29. The van der Waals surface area contributed by atoms with E-state index in [-0.39, 0.29) is 17.9 Å². The summed E-state index contributed by atoms with van der Waals surface area (Å²) < 4.78 is 5.12. The first kappa shape index (κ1) is 25.2. The lowest BCUT2D eigenvalue weighted by atomic mass is 10.0. The molecule has 0 saturated carbocycles. The SMILES string of the molecule is CC(C)(C)OC(=O)NCC(=O)N(CC#N)C(C(=O)NCc1ccccc1)c1ccccc1O. The molecule has 33 heavy (non-hydrogen) atoms. The van der Waals surface area contributed by atoms with Gasteiger partial charge in [-0.1, -0.05) is 48.5 Å². The molecule has 0 radical (unpaired) electrons. The number of carbonyl (C=O) groups is 3. The molecule has 174 valence electrons. The van der Waals surface area contributed by atoms with E-state index in [0.29, 0.717) is 0 Å². The van der Waals surface area contributed by atoms with Crippen LogP contribution in [0.2, 0.25) is 0 Å². The van der Waals surface area contributed by atoms with Crippen LogP contribution in [-0.2, 0) is 20.9 Å². The second-order valence-electron chi connectivity index (χ2n) is 8.20. The molecule has 0 aliphatic heterocycles. The lowest BCUT2D eigenvalue weighted by molar-refractivity contribution is -0.139. The fourth-order valence-electron chi connectivity index (χ4n) is 3.01. The first-order valence-corrected chi connectivity index (χ1v) is 10.3. The average molecular weight is 453 g/mol. The van der Waals surface area contributed by atoms with Gasteiger partial charge in [0.15, 0.2) is 0 Å². The number of para-hydroxylation sites is 1. The number of hydrogen-bond acceptors (Lipinski definition) is 6. The van der Waals surface area contributed by atoms with Crippen molar-refractivity contribution in [2.24, 2.45) is 0 Å². The van der Waals surface area contributed by atoms with Crippen molar-refractivity contribution < 1.29 is 24.2 Å². The minimum absolute atomic E-state index is 0.156. The van der Waals surface area contributed by atoms with Crippen LogP contribution in [0.1, 0.15) is 37.9 Å². The molecule has 0 aromatic heterocycles. The molecule has 3 N–H and O–H groups in total. The smallest absolute Gasteiger partial charge is 0.408 e. The maximum Gasteiger partial charge on any atom is 0.408 e. The molecule has 3 amide bonds. The Labute approximate surface area is 193 Å². The summed E-state index contributed by atoms with van der Waals surface area (Å²) >= 11 is 0. The van der Waals surface area contributed by atoms with Gasteiger partial charge in [0.2, 0.25) is 11.8 Å². The molecule has 0 bridgehead atoms. The van der Waals surface area contributed by atoms with Crippen molar-refractivity contribution in [1.82, 2.24) is 15.5 Å². The van der Waals surface area contributed by atoms with Crippen molar-refractivity contribution in [3.8, 4) is 11.8 Å². The predicted molar refractivity (Wildman–Crippen MR) is 121 cm³/mol. The Morgan fingerprint density at radius 2 is 1.70 bits per heavy atom. The first-order chi connectivity index (χ1) is 15.6. The highest BCUT2D eigenvalue weighted by atomic mass is 16.6. The zero-order valence-corrected chi connectivity index (χ0v) is 18.9. The van der Waals surface area contributed by atoms with Gasteiger partial charge in [0.1, 0.15) is 30.5 Å². The lowest BCUT2D eigenvalue weighted by Crippen LogP contribution is -2.47. The molecule has 1 atom stereocenters. The Morgan fingerprint density at radius 3 is 2.30 bits per heavy atom. The monoisotopic (exact) mass is 452 g/mol. The number of benzene rings is 2. The summed E-state index contributed by atoms with van der Waals surface area (Å²) in [4.78, 5) is 39.1. The third-order valence-electron chi connectivity index (χ3n) is 4.45. The number of hydrogen-bond donors (Lipinski definition) is 3. The van der Waals surface area contributed by atoms with Crippen molar-refractivity contribution >= 4 is 17.9 Å². The fraction of sp³-hybridized carbons (Fsp3) is 0.333. The summed E-state index contributed by atoms with van der Waals surface area (Å²) in [6.07, 6.45) is -0.805. The molecule has 2 aromatic rings. The van der Waals surface area contributed by atoms with Crippen molar-refractivity contribution in [2.75, 3.05) is 13.1 Å². The number of phenolic OH excluding ortho intramolecular Hbond substituents is 1. The number of amides is 3. The number of ether oxygens (including phenoxy) is 1. The van der Waals surface area contributed by atoms with E-state index in [1.54, 1.807) is 32.9 Å². The predicted octanol–water partition coefficient (Wildman–Crippen LogP) is 2.63. The Balaban J connectivity index is 2.26. The minimum Gasteiger partial charge on any atom is -0.508 e. The molecular formula is C24H28N4O5. The molecule has 9 heteroatoms. The number of nitrogens with zero attached hydrogens (tertiary/aromatic N) is 2. The number of nitriles is 1. The lowest BCUT2D eigenvalue weighted by Gasteiger charge is -2.30.